The van der Waals surface area contributed by atoms with Crippen LogP contribution in [0.5, 0.6) is 0 Å². The number of nitrogens with zero attached hydrogens (tertiary/aromatic N) is 2. The monoisotopic (exact) mass is 376 g/mol. The zero-order valence-corrected chi connectivity index (χ0v) is 16.3. The molecule has 1 atom stereocenters. The van der Waals surface area contributed by atoms with Crippen molar-refractivity contribution in [1.82, 2.24) is 15.0 Å². The molecule has 25 heavy (non-hydrogen) atoms. The summed E-state index contributed by atoms with van der Waals surface area (Å²) < 4.78 is 0. The Labute approximate surface area is 158 Å². The van der Waals surface area contributed by atoms with Gasteiger partial charge < -0.3 is 10.3 Å². The number of aromatic amines is 1. The smallest absolute Gasteiger partial charge is 0.226 e. The summed E-state index contributed by atoms with van der Waals surface area (Å²) in [6.45, 7) is 8.62. The molecule has 2 N–H and O–H groups in total. The molecule has 0 saturated heterocycles. The van der Waals surface area contributed by atoms with Gasteiger partial charge in [-0.2, -0.15) is 4.98 Å². The Bertz CT molecular complexity index is 879. The van der Waals surface area contributed by atoms with E-state index in [1.54, 1.807) is 0 Å². The van der Waals surface area contributed by atoms with Crippen LogP contribution in [0.3, 0.4) is 0 Å². The second kappa shape index (κ2) is 6.85. The molecule has 2 aromatic heterocycles. The maximum absolute atomic E-state index is 6.38. The van der Waals surface area contributed by atoms with E-state index in [0.29, 0.717) is 17.0 Å². The van der Waals surface area contributed by atoms with Crippen LogP contribution in [0.2, 0.25) is 5.15 Å². The molecule has 0 aliphatic carbocycles. The van der Waals surface area contributed by atoms with Crippen molar-refractivity contribution in [2.24, 2.45) is 5.41 Å². The normalized spacial score (nSPS) is 13.2. The lowest BCUT2D eigenvalue weighted by molar-refractivity contribution is 0.358. The third-order valence-electron chi connectivity index (χ3n) is 4.50. The van der Waals surface area contributed by atoms with Gasteiger partial charge in [-0.15, -0.1) is 11.6 Å². The Hall–Kier alpha value is -1.78. The van der Waals surface area contributed by atoms with Gasteiger partial charge in [0.05, 0.1) is 5.39 Å². The van der Waals surface area contributed by atoms with Crippen LogP contribution in [-0.2, 0) is 5.88 Å². The van der Waals surface area contributed by atoms with Gasteiger partial charge in [0.2, 0.25) is 5.95 Å². The topological polar surface area (TPSA) is 53.6 Å². The average Bonchev–Trinajstić information content (AvgIpc) is 2.98. The van der Waals surface area contributed by atoms with Crippen molar-refractivity contribution in [3.05, 3.63) is 41.0 Å². The van der Waals surface area contributed by atoms with Crippen molar-refractivity contribution >= 4 is 40.2 Å². The summed E-state index contributed by atoms with van der Waals surface area (Å²) in [4.78, 5) is 12.3. The van der Waals surface area contributed by atoms with Gasteiger partial charge in [0.25, 0.3) is 0 Å². The minimum Gasteiger partial charge on any atom is -0.351 e. The van der Waals surface area contributed by atoms with Crippen LogP contribution in [0, 0.1) is 5.41 Å². The predicted octanol–water partition coefficient (Wildman–Crippen LogP) is 5.86. The van der Waals surface area contributed by atoms with Gasteiger partial charge in [-0.25, -0.2) is 4.98 Å². The second-order valence-corrected chi connectivity index (χ2v) is 7.97. The van der Waals surface area contributed by atoms with Gasteiger partial charge in [-0.05, 0) is 29.5 Å². The molecular formula is C19H22Cl2N4. The van der Waals surface area contributed by atoms with Crippen molar-refractivity contribution < 1.29 is 0 Å². The van der Waals surface area contributed by atoms with E-state index >= 15 is 0 Å². The zero-order chi connectivity index (χ0) is 18.2. The van der Waals surface area contributed by atoms with Gasteiger partial charge in [-0.1, -0.05) is 56.6 Å². The number of H-pyrrole nitrogens is 1. The number of fused-ring (bicyclic) bond motifs is 1. The number of aromatic nitrogens is 3. The summed E-state index contributed by atoms with van der Waals surface area (Å²) in [7, 11) is 0. The van der Waals surface area contributed by atoms with Gasteiger partial charge in [0.1, 0.15) is 10.8 Å². The molecule has 4 nitrogen and oxygen atoms in total. The number of anilines is 1. The number of nitrogens with one attached hydrogen (secondary N) is 2. The highest BCUT2D eigenvalue weighted by molar-refractivity contribution is 6.34. The molecule has 132 valence electrons. The first kappa shape index (κ1) is 18.0. The molecule has 0 aliphatic rings. The summed E-state index contributed by atoms with van der Waals surface area (Å²) in [5.74, 6) is 1.04. The number of rotatable bonds is 4. The SMILES string of the molecule is CC(Nc1nc(Cl)c2cc(-c3ccc(CCl)cc3)[nH]c2n1)C(C)(C)C. The van der Waals surface area contributed by atoms with Crippen molar-refractivity contribution in [1.29, 1.82) is 0 Å². The van der Waals surface area contributed by atoms with Crippen LogP contribution >= 0.6 is 23.2 Å². The third kappa shape index (κ3) is 3.91. The fourth-order valence-electron chi connectivity index (χ4n) is 2.38. The molecule has 1 aromatic carbocycles. The summed E-state index contributed by atoms with van der Waals surface area (Å²) >= 11 is 12.2. The van der Waals surface area contributed by atoms with Gasteiger partial charge >= 0.3 is 0 Å². The highest BCUT2D eigenvalue weighted by atomic mass is 35.5. The molecule has 0 fully saturated rings. The molecule has 1 unspecified atom stereocenters. The number of halogens is 2. The van der Waals surface area contributed by atoms with Crippen molar-refractivity contribution in [3.8, 4) is 11.3 Å². The first-order valence-electron chi connectivity index (χ1n) is 8.26. The Balaban J connectivity index is 1.95. The fourth-order valence-corrected chi connectivity index (χ4v) is 2.78. The molecule has 0 aliphatic heterocycles. The van der Waals surface area contributed by atoms with Crippen LogP contribution in [-0.4, -0.2) is 21.0 Å². The summed E-state index contributed by atoms with van der Waals surface area (Å²) in [5.41, 5.74) is 3.91. The molecule has 6 heteroatoms. The lowest BCUT2D eigenvalue weighted by Crippen LogP contribution is -2.31. The van der Waals surface area contributed by atoms with Crippen molar-refractivity contribution in [3.63, 3.8) is 0 Å². The van der Waals surface area contributed by atoms with E-state index in [4.69, 9.17) is 23.2 Å². The first-order valence-corrected chi connectivity index (χ1v) is 9.17. The lowest BCUT2D eigenvalue weighted by Gasteiger charge is -2.28. The molecular weight excluding hydrogens is 355 g/mol. The highest BCUT2D eigenvalue weighted by Gasteiger charge is 2.21. The maximum atomic E-state index is 6.38. The third-order valence-corrected chi connectivity index (χ3v) is 5.10. The standard InChI is InChI=1S/C19H22Cl2N4/c1-11(19(2,3)4)22-18-24-16(21)14-9-15(23-17(14)25-18)13-7-5-12(10-20)6-8-13/h5-9,11H,10H2,1-4H3,(H2,22,23,24,25). The molecule has 0 spiro atoms. The van der Waals surface area contributed by atoms with Crippen LogP contribution in [0.1, 0.15) is 33.3 Å². The van der Waals surface area contributed by atoms with E-state index in [9.17, 15) is 0 Å². The molecule has 0 bridgehead atoms. The summed E-state index contributed by atoms with van der Waals surface area (Å²) in [6.07, 6.45) is 0. The van der Waals surface area contributed by atoms with E-state index in [1.165, 1.54) is 0 Å². The first-order chi connectivity index (χ1) is 11.8. The Morgan fingerprint density at radius 3 is 2.44 bits per heavy atom. The molecule has 0 amide bonds. The summed E-state index contributed by atoms with van der Waals surface area (Å²) in [5, 5.41) is 4.59. The second-order valence-electron chi connectivity index (χ2n) is 7.35. The van der Waals surface area contributed by atoms with E-state index < -0.39 is 0 Å². The Kier molecular flexibility index (Phi) is 4.94. The van der Waals surface area contributed by atoms with Crippen LogP contribution in [0.15, 0.2) is 30.3 Å². The number of hydrogen-bond acceptors (Lipinski definition) is 3. The molecule has 2 heterocycles. The lowest BCUT2D eigenvalue weighted by atomic mass is 9.88. The molecule has 0 radical (unpaired) electrons. The zero-order valence-electron chi connectivity index (χ0n) is 14.8. The van der Waals surface area contributed by atoms with Crippen LogP contribution in [0.4, 0.5) is 5.95 Å². The molecule has 3 rings (SSSR count). The van der Waals surface area contributed by atoms with Crippen LogP contribution < -0.4 is 5.32 Å². The minimum absolute atomic E-state index is 0.0931. The average molecular weight is 377 g/mol. The van der Waals surface area contributed by atoms with Crippen molar-refractivity contribution in [2.45, 2.75) is 39.6 Å². The Morgan fingerprint density at radius 2 is 1.84 bits per heavy atom. The maximum Gasteiger partial charge on any atom is 0.226 e. The largest absolute Gasteiger partial charge is 0.351 e. The van der Waals surface area contributed by atoms with Gasteiger partial charge in [0.15, 0.2) is 0 Å². The Morgan fingerprint density at radius 1 is 1.16 bits per heavy atom. The van der Waals surface area contributed by atoms with Crippen LogP contribution in [0.25, 0.3) is 22.3 Å². The summed E-state index contributed by atoms with van der Waals surface area (Å²) in [6, 6.07) is 10.3. The molecule has 3 aromatic rings. The number of benzene rings is 1. The number of alkyl halides is 1. The van der Waals surface area contributed by atoms with Gasteiger partial charge in [0, 0.05) is 17.6 Å². The number of hydrogen-bond donors (Lipinski definition) is 2. The van der Waals surface area contributed by atoms with E-state index in [0.717, 1.165) is 27.9 Å². The quantitative estimate of drug-likeness (QED) is 0.442. The highest BCUT2D eigenvalue weighted by Crippen LogP contribution is 2.29. The van der Waals surface area contributed by atoms with E-state index in [-0.39, 0.29) is 11.5 Å². The fraction of sp³-hybridized carbons (Fsp3) is 0.368. The van der Waals surface area contributed by atoms with Crippen molar-refractivity contribution in [2.75, 3.05) is 5.32 Å². The van der Waals surface area contributed by atoms with E-state index in [2.05, 4.69) is 48.0 Å². The molecule has 0 saturated carbocycles. The van der Waals surface area contributed by atoms with Gasteiger partial charge in [-0.3, -0.25) is 0 Å². The minimum atomic E-state index is 0.0931. The predicted molar refractivity (Wildman–Crippen MR) is 106 cm³/mol. The van der Waals surface area contributed by atoms with E-state index in [1.807, 2.05) is 30.3 Å².